The number of carboxylic acids is 1. The third-order valence-corrected chi connectivity index (χ3v) is 5.97. The smallest absolute Gasteiger partial charge is 0.336 e. The molecule has 2 heterocycles. The monoisotopic (exact) mass is 441 g/mol. The molecular weight excluding hydrogens is 421 g/mol. The van der Waals surface area contributed by atoms with Crippen LogP contribution < -0.4 is 9.47 Å². The van der Waals surface area contributed by atoms with Gasteiger partial charge in [-0.15, -0.1) is 0 Å². The van der Waals surface area contributed by atoms with Crippen LogP contribution in [0, 0.1) is 12.7 Å². The summed E-state index contributed by atoms with van der Waals surface area (Å²) in [4.78, 5) is 16.5. The number of nitrogens with zero attached hydrogens (tertiary/aromatic N) is 1. The van der Waals surface area contributed by atoms with Crippen LogP contribution in [0.4, 0.5) is 4.39 Å². The third-order valence-electron chi connectivity index (χ3n) is 5.97. The van der Waals surface area contributed by atoms with Gasteiger partial charge in [0.1, 0.15) is 23.9 Å². The van der Waals surface area contributed by atoms with Crippen molar-refractivity contribution < 1.29 is 23.8 Å². The normalized spacial score (nSPS) is 11.8. The van der Waals surface area contributed by atoms with E-state index >= 15 is 0 Å². The van der Waals surface area contributed by atoms with Gasteiger partial charge in [-0.2, -0.15) is 0 Å². The van der Waals surface area contributed by atoms with Crippen molar-refractivity contribution in [1.29, 1.82) is 0 Å². The Balaban J connectivity index is 1.76. The predicted molar refractivity (Wildman–Crippen MR) is 123 cm³/mol. The average molecular weight is 441 g/mol. The number of pyridine rings is 1. The fraction of sp³-hybridized carbons (Fsp3) is 0.111. The van der Waals surface area contributed by atoms with E-state index in [4.69, 9.17) is 9.47 Å². The van der Waals surface area contributed by atoms with Crippen LogP contribution in [-0.2, 0) is 6.61 Å². The summed E-state index contributed by atoms with van der Waals surface area (Å²) < 4.78 is 26.3. The van der Waals surface area contributed by atoms with Crippen molar-refractivity contribution in [2.45, 2.75) is 13.5 Å². The summed E-state index contributed by atoms with van der Waals surface area (Å²) in [7, 11) is 1.60. The summed E-state index contributed by atoms with van der Waals surface area (Å²) in [5, 5.41) is 10.0. The van der Waals surface area contributed by atoms with E-state index in [1.54, 1.807) is 50.7 Å². The quantitative estimate of drug-likeness (QED) is 0.413. The first-order valence-corrected chi connectivity index (χ1v) is 10.4. The molecule has 6 heteroatoms. The Hall–Kier alpha value is -4.19. The molecule has 0 atom stereocenters. The largest absolute Gasteiger partial charge is 0.496 e. The lowest BCUT2D eigenvalue weighted by molar-refractivity contribution is 0.0697. The average Bonchev–Trinajstić information content (AvgIpc) is 2.83. The number of benzene rings is 3. The first kappa shape index (κ1) is 20.7. The number of hydrogen-bond acceptors (Lipinski definition) is 4. The van der Waals surface area contributed by atoms with E-state index in [1.807, 2.05) is 24.3 Å². The molecule has 164 valence electrons. The lowest BCUT2D eigenvalue weighted by Gasteiger charge is -2.26. The highest BCUT2D eigenvalue weighted by molar-refractivity contribution is 6.02. The highest BCUT2D eigenvalue weighted by Gasteiger charge is 2.28. The van der Waals surface area contributed by atoms with Crippen LogP contribution in [0.3, 0.4) is 0 Å². The van der Waals surface area contributed by atoms with Crippen molar-refractivity contribution in [3.05, 3.63) is 89.5 Å². The molecular formula is C27H20FNO4. The molecule has 1 aromatic heterocycles. The molecule has 1 aliphatic rings. The molecule has 0 unspecified atom stereocenters. The molecule has 0 spiro atoms. The molecule has 5 nitrogen and oxygen atoms in total. The molecule has 33 heavy (non-hydrogen) atoms. The number of aromatic nitrogens is 1. The fourth-order valence-electron chi connectivity index (χ4n) is 4.45. The van der Waals surface area contributed by atoms with Crippen LogP contribution >= 0.6 is 0 Å². The highest BCUT2D eigenvalue weighted by atomic mass is 19.1. The summed E-state index contributed by atoms with van der Waals surface area (Å²) >= 11 is 0. The second-order valence-electron chi connectivity index (χ2n) is 7.82. The fourth-order valence-corrected chi connectivity index (χ4v) is 4.45. The summed E-state index contributed by atoms with van der Waals surface area (Å²) in [5.74, 6) is -0.457. The Morgan fingerprint density at radius 3 is 2.58 bits per heavy atom. The van der Waals surface area contributed by atoms with E-state index in [0.29, 0.717) is 34.8 Å². The zero-order valence-electron chi connectivity index (χ0n) is 18.1. The van der Waals surface area contributed by atoms with Gasteiger partial charge < -0.3 is 14.6 Å². The number of carbonyl (C=O) groups is 1. The Bertz CT molecular complexity index is 1400. The zero-order chi connectivity index (χ0) is 23.1. The SMILES string of the molecule is COc1cc2c(cc1-c1cccnc1)COc1cc(-c3ccccc3F)c(C(=O)O)c(C)c1-2. The maximum absolute atomic E-state index is 14.6. The van der Waals surface area contributed by atoms with Gasteiger partial charge in [0.15, 0.2) is 0 Å². The van der Waals surface area contributed by atoms with Gasteiger partial charge in [-0.25, -0.2) is 9.18 Å². The molecule has 0 saturated heterocycles. The van der Waals surface area contributed by atoms with E-state index in [1.165, 1.54) is 6.07 Å². The summed E-state index contributed by atoms with van der Waals surface area (Å²) in [5.41, 5.74) is 5.25. The van der Waals surface area contributed by atoms with Crippen molar-refractivity contribution in [3.8, 4) is 44.9 Å². The molecule has 0 saturated carbocycles. The number of carboxylic acid groups (broad SMARTS) is 1. The number of halogens is 1. The Kier molecular flexibility index (Phi) is 5.05. The minimum Gasteiger partial charge on any atom is -0.496 e. The van der Waals surface area contributed by atoms with Gasteiger partial charge in [-0.3, -0.25) is 4.98 Å². The highest BCUT2D eigenvalue weighted by Crippen LogP contribution is 2.47. The predicted octanol–water partition coefficient (Wildman–Crippen LogP) is 6.13. The molecule has 4 aromatic rings. The minimum absolute atomic E-state index is 0.0469. The lowest BCUT2D eigenvalue weighted by atomic mass is 9.85. The molecule has 3 aromatic carbocycles. The molecule has 0 aliphatic carbocycles. The van der Waals surface area contributed by atoms with Crippen molar-refractivity contribution >= 4 is 5.97 Å². The Morgan fingerprint density at radius 1 is 1.06 bits per heavy atom. The van der Waals surface area contributed by atoms with Gasteiger partial charge in [0, 0.05) is 40.2 Å². The molecule has 0 fully saturated rings. The molecule has 1 N–H and O–H groups in total. The van der Waals surface area contributed by atoms with Gasteiger partial charge in [-0.05, 0) is 53.9 Å². The van der Waals surface area contributed by atoms with E-state index < -0.39 is 11.8 Å². The summed E-state index contributed by atoms with van der Waals surface area (Å²) in [6.45, 7) is 2.02. The number of aromatic carboxylic acids is 1. The first-order valence-electron chi connectivity index (χ1n) is 10.4. The van der Waals surface area contributed by atoms with Crippen LogP contribution in [0.2, 0.25) is 0 Å². The summed E-state index contributed by atoms with van der Waals surface area (Å²) in [6, 6.07) is 15.5. The van der Waals surface area contributed by atoms with Crippen molar-refractivity contribution in [2.24, 2.45) is 0 Å². The molecule has 0 amide bonds. The van der Waals surface area contributed by atoms with E-state index in [9.17, 15) is 14.3 Å². The Morgan fingerprint density at radius 2 is 1.88 bits per heavy atom. The van der Waals surface area contributed by atoms with Crippen LogP contribution in [0.15, 0.2) is 67.0 Å². The van der Waals surface area contributed by atoms with E-state index in [-0.39, 0.29) is 11.1 Å². The number of methoxy groups -OCH3 is 1. The second kappa shape index (κ2) is 8.06. The topological polar surface area (TPSA) is 68.7 Å². The molecule has 5 rings (SSSR count). The maximum Gasteiger partial charge on any atom is 0.336 e. The number of rotatable bonds is 4. The van der Waals surface area contributed by atoms with E-state index in [2.05, 4.69) is 4.98 Å². The van der Waals surface area contributed by atoms with Gasteiger partial charge in [0.25, 0.3) is 0 Å². The lowest BCUT2D eigenvalue weighted by Crippen LogP contribution is -2.12. The Labute approximate surface area is 190 Å². The second-order valence-corrected chi connectivity index (χ2v) is 7.82. The number of fused-ring (bicyclic) bond motifs is 3. The van der Waals surface area contributed by atoms with Crippen molar-refractivity contribution in [2.75, 3.05) is 7.11 Å². The van der Waals surface area contributed by atoms with Gasteiger partial charge in [0.05, 0.1) is 12.7 Å². The van der Waals surface area contributed by atoms with Gasteiger partial charge >= 0.3 is 5.97 Å². The summed E-state index contributed by atoms with van der Waals surface area (Å²) in [6.07, 6.45) is 3.47. The van der Waals surface area contributed by atoms with Gasteiger partial charge in [0.2, 0.25) is 0 Å². The number of ether oxygens (including phenoxy) is 2. The van der Waals surface area contributed by atoms with Crippen molar-refractivity contribution in [1.82, 2.24) is 4.98 Å². The van der Waals surface area contributed by atoms with Crippen LogP contribution in [0.1, 0.15) is 21.5 Å². The molecule has 1 aliphatic heterocycles. The number of hydrogen-bond donors (Lipinski definition) is 1. The van der Waals surface area contributed by atoms with Crippen LogP contribution in [-0.4, -0.2) is 23.2 Å². The maximum atomic E-state index is 14.6. The minimum atomic E-state index is -1.13. The molecule has 0 radical (unpaired) electrons. The molecule has 0 bridgehead atoms. The van der Waals surface area contributed by atoms with Gasteiger partial charge in [-0.1, -0.05) is 24.3 Å². The zero-order valence-corrected chi connectivity index (χ0v) is 18.1. The van der Waals surface area contributed by atoms with Crippen LogP contribution in [0.5, 0.6) is 11.5 Å². The first-order chi connectivity index (χ1) is 16.0. The van der Waals surface area contributed by atoms with E-state index in [0.717, 1.165) is 22.3 Å². The van der Waals surface area contributed by atoms with Crippen LogP contribution in [0.25, 0.3) is 33.4 Å². The standard InChI is InChI=1S/C27H20FNO4/c1-15-25-20-11-23(32-2)19(16-6-5-9-29-13-16)10-17(20)14-33-24(25)12-21(26(15)27(30)31)18-7-3-4-8-22(18)28/h3-13H,14H2,1-2H3,(H,30,31). The third kappa shape index (κ3) is 3.40. The van der Waals surface area contributed by atoms with Crippen molar-refractivity contribution in [3.63, 3.8) is 0 Å².